The van der Waals surface area contributed by atoms with Crippen LogP contribution in [-0.2, 0) is 0 Å². The summed E-state index contributed by atoms with van der Waals surface area (Å²) in [5.74, 6) is 3.48. The fraction of sp³-hybridized carbons (Fsp3) is 0. The number of ether oxygens (including phenoxy) is 2. The molecule has 59 heavy (non-hydrogen) atoms. The summed E-state index contributed by atoms with van der Waals surface area (Å²) >= 11 is 0. The standard InChI is InChI=1S/C54H35NO3Si/c1-3-14-36(15-4-1)37-26-29-40(30-27-37)55(39-16-5-2-6-17-39)41-31-33-49-53(35-41)59(51-25-12-10-23-47(51)57-49)50-24-11-9-22-46(50)56-48-32-28-38(34-52(48)59)42-19-13-20-44-43-18-7-8-21-45(43)58-54(42)44/h1-35H. The van der Waals surface area contributed by atoms with Crippen LogP contribution >= 0.6 is 0 Å². The molecular formula is C54H35NO3Si. The van der Waals surface area contributed by atoms with Gasteiger partial charge in [0, 0.05) is 33.4 Å². The van der Waals surface area contributed by atoms with Gasteiger partial charge in [-0.3, -0.25) is 0 Å². The first-order chi connectivity index (χ1) is 29.2. The zero-order valence-electron chi connectivity index (χ0n) is 31.9. The molecule has 0 fully saturated rings. The molecule has 0 aliphatic carbocycles. The van der Waals surface area contributed by atoms with Gasteiger partial charge in [0.2, 0.25) is 0 Å². The lowest BCUT2D eigenvalue weighted by atomic mass is 10.0. The number of hydrogen-bond acceptors (Lipinski definition) is 4. The highest BCUT2D eigenvalue weighted by molar-refractivity contribution is 7.21. The maximum Gasteiger partial charge on any atom is 0.196 e. The van der Waals surface area contributed by atoms with Gasteiger partial charge in [-0.05, 0) is 104 Å². The van der Waals surface area contributed by atoms with E-state index in [0.29, 0.717) is 0 Å². The normalized spacial score (nSPS) is 14.8. The Hall–Kier alpha value is -7.60. The molecule has 1 unspecified atom stereocenters. The lowest BCUT2D eigenvalue weighted by molar-refractivity contribution is 0.481. The highest BCUT2D eigenvalue weighted by atomic mass is 28.3. The molecular weight excluding hydrogens is 739 g/mol. The lowest BCUT2D eigenvalue weighted by Crippen LogP contribution is -2.77. The Morgan fingerprint density at radius 3 is 1.61 bits per heavy atom. The van der Waals surface area contributed by atoms with E-state index in [2.05, 4.69) is 205 Å². The molecule has 4 nitrogen and oxygen atoms in total. The van der Waals surface area contributed by atoms with Gasteiger partial charge in [0.05, 0.1) is 0 Å². The number of para-hydroxylation sites is 5. The average molecular weight is 774 g/mol. The summed E-state index contributed by atoms with van der Waals surface area (Å²) < 4.78 is 20.4. The van der Waals surface area contributed by atoms with Crippen LogP contribution < -0.4 is 35.1 Å². The quantitative estimate of drug-likeness (QED) is 0.163. The van der Waals surface area contributed by atoms with Crippen LogP contribution in [0.1, 0.15) is 0 Å². The van der Waals surface area contributed by atoms with Crippen LogP contribution in [0.3, 0.4) is 0 Å². The molecule has 0 bridgehead atoms. The van der Waals surface area contributed by atoms with E-state index in [4.69, 9.17) is 13.9 Å². The minimum atomic E-state index is -3.16. The molecule has 12 rings (SSSR count). The monoisotopic (exact) mass is 773 g/mol. The number of hydrogen-bond donors (Lipinski definition) is 0. The maximum atomic E-state index is 6.91. The molecule has 10 aromatic rings. The van der Waals surface area contributed by atoms with Crippen LogP contribution in [0.15, 0.2) is 217 Å². The van der Waals surface area contributed by atoms with Gasteiger partial charge in [-0.25, -0.2) is 0 Å². The maximum absolute atomic E-state index is 6.91. The highest BCUT2D eigenvalue weighted by Crippen LogP contribution is 2.42. The number of rotatable bonds is 5. The van der Waals surface area contributed by atoms with Crippen molar-refractivity contribution in [1.29, 1.82) is 0 Å². The summed E-state index contributed by atoms with van der Waals surface area (Å²) in [5, 5.41) is 6.95. The fourth-order valence-electron chi connectivity index (χ4n) is 9.39. The van der Waals surface area contributed by atoms with Crippen molar-refractivity contribution in [2.24, 2.45) is 0 Å². The third kappa shape index (κ3) is 5.15. The zero-order chi connectivity index (χ0) is 38.9. The highest BCUT2D eigenvalue weighted by Gasteiger charge is 2.53. The fourth-order valence-corrected chi connectivity index (χ4v) is 14.6. The average Bonchev–Trinajstić information content (AvgIpc) is 3.69. The van der Waals surface area contributed by atoms with Gasteiger partial charge >= 0.3 is 0 Å². The van der Waals surface area contributed by atoms with Gasteiger partial charge in [0.1, 0.15) is 34.2 Å². The number of benzene rings is 9. The summed E-state index contributed by atoms with van der Waals surface area (Å²) in [6, 6.07) is 75.4. The van der Waals surface area contributed by atoms with Gasteiger partial charge in [-0.15, -0.1) is 0 Å². The topological polar surface area (TPSA) is 34.8 Å². The number of anilines is 3. The molecule has 1 aromatic heterocycles. The molecule has 9 aromatic carbocycles. The Morgan fingerprint density at radius 1 is 0.339 bits per heavy atom. The number of nitrogens with zero attached hydrogens (tertiary/aromatic N) is 1. The van der Waals surface area contributed by atoms with Crippen LogP contribution in [0.4, 0.5) is 17.1 Å². The van der Waals surface area contributed by atoms with E-state index in [1.54, 1.807) is 0 Å². The Morgan fingerprint density at radius 2 is 0.864 bits per heavy atom. The second-order valence-corrected chi connectivity index (χ2v) is 18.9. The van der Waals surface area contributed by atoms with Crippen molar-refractivity contribution in [2.45, 2.75) is 0 Å². The van der Waals surface area contributed by atoms with Crippen molar-refractivity contribution in [3.05, 3.63) is 212 Å². The lowest BCUT2D eigenvalue weighted by Gasteiger charge is -2.43. The predicted octanol–water partition coefficient (Wildman–Crippen LogP) is 12.0. The Balaban J connectivity index is 1.11. The molecule has 2 aliphatic heterocycles. The molecule has 1 spiro atoms. The van der Waals surface area contributed by atoms with Crippen LogP contribution in [0.25, 0.3) is 44.2 Å². The van der Waals surface area contributed by atoms with E-state index >= 15 is 0 Å². The smallest absolute Gasteiger partial charge is 0.196 e. The summed E-state index contributed by atoms with van der Waals surface area (Å²) in [4.78, 5) is 2.35. The third-order valence-corrected chi connectivity index (χ3v) is 16.8. The van der Waals surface area contributed by atoms with Crippen LogP contribution in [-0.4, -0.2) is 8.07 Å². The molecule has 3 heterocycles. The summed E-state index contributed by atoms with van der Waals surface area (Å²) in [5.41, 5.74) is 9.44. The first kappa shape index (κ1) is 33.5. The Labute approximate surface area is 342 Å². The van der Waals surface area contributed by atoms with Gasteiger partial charge < -0.3 is 18.8 Å². The molecule has 0 amide bonds. The molecule has 0 N–H and O–H groups in total. The minimum absolute atomic E-state index is 0.860. The van der Waals surface area contributed by atoms with Crippen molar-refractivity contribution in [3.63, 3.8) is 0 Å². The molecule has 1 atom stereocenters. The summed E-state index contributed by atoms with van der Waals surface area (Å²) in [6.45, 7) is 0. The molecule has 0 saturated heterocycles. The predicted molar refractivity (Wildman–Crippen MR) is 243 cm³/mol. The zero-order valence-corrected chi connectivity index (χ0v) is 32.9. The molecule has 5 heteroatoms. The van der Waals surface area contributed by atoms with Gasteiger partial charge in [-0.2, -0.15) is 0 Å². The summed E-state index contributed by atoms with van der Waals surface area (Å²) in [7, 11) is -3.16. The first-order valence-corrected chi connectivity index (χ1v) is 22.0. The van der Waals surface area contributed by atoms with E-state index in [9.17, 15) is 0 Å². The Bertz CT molecular complexity index is 3190. The van der Waals surface area contributed by atoms with E-state index in [0.717, 1.165) is 73.1 Å². The van der Waals surface area contributed by atoms with Crippen molar-refractivity contribution < 1.29 is 13.9 Å². The first-order valence-electron chi connectivity index (χ1n) is 20.0. The molecule has 0 saturated carbocycles. The van der Waals surface area contributed by atoms with Gasteiger partial charge in [-0.1, -0.05) is 146 Å². The summed E-state index contributed by atoms with van der Waals surface area (Å²) in [6.07, 6.45) is 0. The van der Waals surface area contributed by atoms with Gasteiger partial charge in [0.25, 0.3) is 0 Å². The third-order valence-electron chi connectivity index (χ3n) is 12.0. The van der Waals surface area contributed by atoms with E-state index < -0.39 is 8.07 Å². The van der Waals surface area contributed by atoms with E-state index in [1.165, 1.54) is 31.9 Å². The molecule has 278 valence electrons. The SMILES string of the molecule is c1ccc(-c2ccc(N(c3ccccc3)c3ccc4c(c3)[Si]3(c5ccccc5Oc5ccc(-c6cccc7c6oc6ccccc67)cc53)c3ccccc3O4)cc2)cc1. The van der Waals surface area contributed by atoms with Crippen LogP contribution in [0.2, 0.25) is 0 Å². The second kappa shape index (κ2) is 13.2. The van der Waals surface area contributed by atoms with Crippen molar-refractivity contribution in [3.8, 4) is 45.3 Å². The van der Waals surface area contributed by atoms with Gasteiger partial charge in [0.15, 0.2) is 8.07 Å². The van der Waals surface area contributed by atoms with E-state index in [-0.39, 0.29) is 0 Å². The largest absolute Gasteiger partial charge is 0.458 e. The number of fused-ring (bicyclic) bond motifs is 11. The van der Waals surface area contributed by atoms with Crippen molar-refractivity contribution in [1.82, 2.24) is 0 Å². The Kier molecular flexibility index (Phi) is 7.52. The van der Waals surface area contributed by atoms with Crippen LogP contribution in [0.5, 0.6) is 23.0 Å². The van der Waals surface area contributed by atoms with Crippen molar-refractivity contribution in [2.75, 3.05) is 4.90 Å². The molecule has 2 aliphatic rings. The molecule has 0 radical (unpaired) electrons. The van der Waals surface area contributed by atoms with Crippen molar-refractivity contribution >= 4 is 67.8 Å². The van der Waals surface area contributed by atoms with E-state index in [1.807, 2.05) is 12.1 Å². The number of furan rings is 1. The second-order valence-electron chi connectivity index (χ2n) is 15.2. The van der Waals surface area contributed by atoms with Crippen LogP contribution in [0, 0.1) is 0 Å². The minimum Gasteiger partial charge on any atom is -0.458 e.